The Labute approximate surface area is 105 Å². The lowest BCUT2D eigenvalue weighted by molar-refractivity contribution is 0.398. The quantitative estimate of drug-likeness (QED) is 0.808. The topological polar surface area (TPSA) is 82.9 Å². The minimum atomic E-state index is 0.457. The fraction of sp³-hybridized carbons (Fsp3) is 0.545. The molecular formula is C11H16N6O. The van der Waals surface area contributed by atoms with Crippen molar-refractivity contribution in [3.63, 3.8) is 0 Å². The fourth-order valence-electron chi connectivity index (χ4n) is 2.15. The van der Waals surface area contributed by atoms with Gasteiger partial charge in [0.2, 0.25) is 5.95 Å². The van der Waals surface area contributed by atoms with Crippen LogP contribution in [0.2, 0.25) is 0 Å². The Kier molecular flexibility index (Phi) is 2.75. The maximum atomic E-state index is 5.03. The van der Waals surface area contributed by atoms with Crippen LogP contribution in [0.4, 0.5) is 5.95 Å². The van der Waals surface area contributed by atoms with Crippen LogP contribution >= 0.6 is 0 Å². The van der Waals surface area contributed by atoms with E-state index >= 15 is 0 Å². The zero-order valence-electron chi connectivity index (χ0n) is 10.5. The Hall–Kier alpha value is -1.89. The molecule has 0 saturated carbocycles. The normalized spacial score (nSPS) is 20.3. The maximum absolute atomic E-state index is 5.03. The smallest absolute Gasteiger partial charge is 0.245 e. The molecule has 1 aliphatic rings. The van der Waals surface area contributed by atoms with E-state index in [2.05, 4.69) is 37.5 Å². The lowest BCUT2D eigenvalue weighted by Gasteiger charge is -2.30. The van der Waals surface area contributed by atoms with Gasteiger partial charge in [-0.05, 0) is 13.8 Å². The Balaban J connectivity index is 1.83. The van der Waals surface area contributed by atoms with E-state index in [0.29, 0.717) is 11.9 Å². The number of rotatable bonds is 2. The number of hydrogen-bond donors (Lipinski definition) is 2. The number of piperazine rings is 1. The number of H-pyrrole nitrogens is 1. The Morgan fingerprint density at radius 3 is 3.11 bits per heavy atom. The summed E-state index contributed by atoms with van der Waals surface area (Å²) in [6.45, 7) is 6.81. The molecule has 0 unspecified atom stereocenters. The summed E-state index contributed by atoms with van der Waals surface area (Å²) < 4.78 is 5.03. The van der Waals surface area contributed by atoms with Gasteiger partial charge in [-0.15, -0.1) is 5.10 Å². The van der Waals surface area contributed by atoms with Crippen LogP contribution in [-0.2, 0) is 0 Å². The second kappa shape index (κ2) is 4.41. The van der Waals surface area contributed by atoms with Gasteiger partial charge in [-0.25, -0.2) is 0 Å². The predicted octanol–water partition coefficient (Wildman–Crippen LogP) is 0.566. The predicted molar refractivity (Wildman–Crippen MR) is 66.3 cm³/mol. The zero-order chi connectivity index (χ0) is 12.5. The summed E-state index contributed by atoms with van der Waals surface area (Å²) in [7, 11) is 0. The highest BCUT2D eigenvalue weighted by Gasteiger charge is 2.20. The molecule has 1 aliphatic heterocycles. The molecule has 1 atom stereocenters. The second-order valence-corrected chi connectivity index (χ2v) is 4.58. The van der Waals surface area contributed by atoms with Gasteiger partial charge in [0.25, 0.3) is 0 Å². The van der Waals surface area contributed by atoms with Crippen molar-refractivity contribution in [3.8, 4) is 11.4 Å². The van der Waals surface area contributed by atoms with E-state index in [1.54, 1.807) is 6.20 Å². The summed E-state index contributed by atoms with van der Waals surface area (Å²) >= 11 is 0. The number of nitrogens with zero attached hydrogens (tertiary/aromatic N) is 4. The molecule has 2 aromatic heterocycles. The Bertz CT molecular complexity index is 533. The van der Waals surface area contributed by atoms with Crippen molar-refractivity contribution >= 4 is 5.95 Å². The number of hydrogen-bond acceptors (Lipinski definition) is 6. The third-order valence-corrected chi connectivity index (χ3v) is 3.13. The second-order valence-electron chi connectivity index (χ2n) is 4.58. The number of nitrogens with one attached hydrogen (secondary N) is 2. The molecule has 96 valence electrons. The summed E-state index contributed by atoms with van der Waals surface area (Å²) in [5.41, 5.74) is 0.858. The van der Waals surface area contributed by atoms with Crippen molar-refractivity contribution in [1.82, 2.24) is 25.7 Å². The van der Waals surface area contributed by atoms with E-state index in [9.17, 15) is 0 Å². The van der Waals surface area contributed by atoms with E-state index in [1.807, 2.05) is 6.92 Å². The van der Waals surface area contributed by atoms with Gasteiger partial charge in [0.05, 0.1) is 11.8 Å². The van der Waals surface area contributed by atoms with Crippen LogP contribution < -0.4 is 10.2 Å². The molecule has 0 bridgehead atoms. The molecule has 1 fully saturated rings. The van der Waals surface area contributed by atoms with Gasteiger partial charge in [0.1, 0.15) is 5.76 Å². The molecule has 0 aromatic carbocycles. The lowest BCUT2D eigenvalue weighted by atomic mass is 10.2. The average molecular weight is 248 g/mol. The lowest BCUT2D eigenvalue weighted by Crippen LogP contribution is -2.49. The van der Waals surface area contributed by atoms with Crippen molar-refractivity contribution in [2.24, 2.45) is 0 Å². The van der Waals surface area contributed by atoms with Crippen molar-refractivity contribution in [2.45, 2.75) is 19.9 Å². The molecule has 0 radical (unpaired) electrons. The number of aromatic nitrogens is 4. The molecule has 7 nitrogen and oxygen atoms in total. The largest absolute Gasteiger partial charge is 0.361 e. The number of aryl methyl sites for hydroxylation is 1. The monoisotopic (exact) mass is 248 g/mol. The van der Waals surface area contributed by atoms with Crippen LogP contribution in [0.15, 0.2) is 10.7 Å². The summed E-state index contributed by atoms with van der Waals surface area (Å²) in [4.78, 5) is 6.67. The number of aromatic amines is 1. The van der Waals surface area contributed by atoms with E-state index < -0.39 is 0 Å². The highest BCUT2D eigenvalue weighted by molar-refractivity contribution is 5.57. The molecule has 0 amide bonds. The van der Waals surface area contributed by atoms with Gasteiger partial charge in [-0.1, -0.05) is 5.16 Å². The first-order valence-corrected chi connectivity index (χ1v) is 6.06. The number of anilines is 1. The zero-order valence-corrected chi connectivity index (χ0v) is 10.5. The highest BCUT2D eigenvalue weighted by Crippen LogP contribution is 2.21. The Morgan fingerprint density at radius 2 is 2.39 bits per heavy atom. The molecule has 7 heteroatoms. The van der Waals surface area contributed by atoms with Crippen molar-refractivity contribution < 1.29 is 4.52 Å². The van der Waals surface area contributed by atoms with Crippen LogP contribution in [0.25, 0.3) is 11.4 Å². The molecule has 3 rings (SSSR count). The van der Waals surface area contributed by atoms with Crippen LogP contribution in [0.5, 0.6) is 0 Å². The summed E-state index contributed by atoms with van der Waals surface area (Å²) in [5, 5.41) is 14.3. The molecule has 0 spiro atoms. The van der Waals surface area contributed by atoms with Gasteiger partial charge < -0.3 is 14.7 Å². The molecule has 18 heavy (non-hydrogen) atoms. The van der Waals surface area contributed by atoms with Gasteiger partial charge in [0.15, 0.2) is 5.82 Å². The van der Waals surface area contributed by atoms with Crippen LogP contribution in [0.3, 0.4) is 0 Å². The molecule has 3 heterocycles. The minimum Gasteiger partial charge on any atom is -0.361 e. The van der Waals surface area contributed by atoms with Crippen LogP contribution in [0, 0.1) is 6.92 Å². The first-order valence-electron chi connectivity index (χ1n) is 6.06. The van der Waals surface area contributed by atoms with Crippen molar-refractivity contribution in [3.05, 3.63) is 12.0 Å². The maximum Gasteiger partial charge on any atom is 0.245 e. The first-order chi connectivity index (χ1) is 8.74. The third kappa shape index (κ3) is 1.97. The van der Waals surface area contributed by atoms with Gasteiger partial charge in [0, 0.05) is 25.7 Å². The molecule has 0 aliphatic carbocycles. The van der Waals surface area contributed by atoms with E-state index in [1.165, 1.54) is 0 Å². The van der Waals surface area contributed by atoms with Crippen molar-refractivity contribution in [1.29, 1.82) is 0 Å². The molecule has 1 saturated heterocycles. The van der Waals surface area contributed by atoms with Crippen LogP contribution in [-0.4, -0.2) is 46.0 Å². The van der Waals surface area contributed by atoms with E-state index in [-0.39, 0.29) is 0 Å². The van der Waals surface area contributed by atoms with E-state index in [4.69, 9.17) is 4.52 Å². The average Bonchev–Trinajstić information content (AvgIpc) is 2.97. The summed E-state index contributed by atoms with van der Waals surface area (Å²) in [6.07, 6.45) is 1.65. The minimum absolute atomic E-state index is 0.457. The molecule has 2 N–H and O–H groups in total. The van der Waals surface area contributed by atoms with Gasteiger partial charge >= 0.3 is 0 Å². The highest BCUT2D eigenvalue weighted by atomic mass is 16.5. The third-order valence-electron chi connectivity index (χ3n) is 3.13. The SMILES string of the molecule is Cc1oncc1-c1nc(N2CCN[C@H](C)C2)n[nH]1. The van der Waals surface area contributed by atoms with Crippen molar-refractivity contribution in [2.75, 3.05) is 24.5 Å². The summed E-state index contributed by atoms with van der Waals surface area (Å²) in [5.74, 6) is 2.18. The molecule has 2 aromatic rings. The summed E-state index contributed by atoms with van der Waals surface area (Å²) in [6, 6.07) is 0.457. The first kappa shape index (κ1) is 11.2. The van der Waals surface area contributed by atoms with E-state index in [0.717, 1.165) is 36.9 Å². The standard InChI is InChI=1S/C11H16N6O/c1-7-6-17(4-3-12-7)11-14-10(15-16-11)9-5-13-18-8(9)2/h5,7,12H,3-4,6H2,1-2H3,(H,14,15,16)/t7-/m1/s1. The fourth-order valence-corrected chi connectivity index (χ4v) is 2.15. The van der Waals surface area contributed by atoms with Crippen LogP contribution in [0.1, 0.15) is 12.7 Å². The van der Waals surface area contributed by atoms with Gasteiger partial charge in [-0.2, -0.15) is 4.98 Å². The van der Waals surface area contributed by atoms with Gasteiger partial charge in [-0.3, -0.25) is 5.10 Å². The molecular weight excluding hydrogens is 232 g/mol. The Morgan fingerprint density at radius 1 is 1.50 bits per heavy atom.